The minimum Gasteiger partial charge on any atom is -0.465 e. The normalized spacial score (nSPS) is 11.8. The van der Waals surface area contributed by atoms with Gasteiger partial charge in [-0.25, -0.2) is 0 Å². The Morgan fingerprint density at radius 3 is 1.38 bits per heavy atom. The molecule has 0 N–H and O–H groups in total. The maximum absolute atomic E-state index is 13.1. The summed E-state index contributed by atoms with van der Waals surface area (Å²) in [5.74, 6) is -0.153. The smallest absolute Gasteiger partial charge is 0.305 e. The Morgan fingerprint density at radius 2 is 0.936 bits per heavy atom. The second-order valence-electron chi connectivity index (χ2n) is 13.3. The summed E-state index contributed by atoms with van der Waals surface area (Å²) in [6, 6.07) is 0. The minimum atomic E-state index is -0.569. The van der Waals surface area contributed by atoms with E-state index in [4.69, 9.17) is 9.47 Å². The van der Waals surface area contributed by atoms with Crippen LogP contribution < -0.4 is 0 Å². The monoisotopic (exact) mass is 680 g/mol. The van der Waals surface area contributed by atoms with Crippen molar-refractivity contribution in [3.63, 3.8) is 0 Å². The summed E-state index contributed by atoms with van der Waals surface area (Å²) in [7, 11) is 3.56. The van der Waals surface area contributed by atoms with Gasteiger partial charge >= 0.3 is 11.9 Å². The van der Waals surface area contributed by atoms with Gasteiger partial charge < -0.3 is 14.4 Å². The molecule has 0 aliphatic rings. The largest absolute Gasteiger partial charge is 0.465 e. The number of nitrogens with zero attached hydrogens (tertiary/aromatic N) is 1. The molecule has 0 rings (SSSR count). The molecule has 0 aromatic rings. The van der Waals surface area contributed by atoms with E-state index in [2.05, 4.69) is 57.1 Å². The zero-order valence-corrected chi connectivity index (χ0v) is 32.1. The topological polar surface area (TPSA) is 72.9 Å². The summed E-state index contributed by atoms with van der Waals surface area (Å²) < 4.78 is 10.7. The molecule has 0 unspecified atom stereocenters. The van der Waals surface area contributed by atoms with Gasteiger partial charge in [-0.1, -0.05) is 102 Å². The number of ether oxygens (including phenoxy) is 2. The van der Waals surface area contributed by atoms with E-state index >= 15 is 0 Å². The Hall–Kier alpha value is -1.52. The highest BCUT2D eigenvalue weighted by Crippen LogP contribution is 2.40. The van der Waals surface area contributed by atoms with E-state index in [1.165, 1.54) is 38.5 Å². The number of carbonyl (C=O) groups excluding carboxylic acids is 3. The highest BCUT2D eigenvalue weighted by atomic mass is 31.1. The van der Waals surface area contributed by atoms with Crippen molar-refractivity contribution in [2.75, 3.05) is 46.2 Å². The molecule has 0 radical (unpaired) electrons. The molecule has 0 bridgehead atoms. The first-order chi connectivity index (χ1) is 22.9. The second-order valence-corrected chi connectivity index (χ2v) is 15.7. The first-order valence-corrected chi connectivity index (χ1v) is 21.2. The van der Waals surface area contributed by atoms with Crippen LogP contribution in [0.15, 0.2) is 24.3 Å². The summed E-state index contributed by atoms with van der Waals surface area (Å²) in [5, 5.41) is 0. The van der Waals surface area contributed by atoms with Crippen LogP contribution >= 0.6 is 7.92 Å². The van der Waals surface area contributed by atoms with Gasteiger partial charge in [-0.05, 0) is 112 Å². The molecule has 0 amide bonds. The Morgan fingerprint density at radius 1 is 0.511 bits per heavy atom. The molecule has 0 aliphatic carbocycles. The number of hydrogen-bond donors (Lipinski definition) is 0. The first-order valence-electron chi connectivity index (χ1n) is 19.4. The fourth-order valence-corrected chi connectivity index (χ4v) is 7.80. The summed E-state index contributed by atoms with van der Waals surface area (Å²) in [4.78, 5) is 39.2. The van der Waals surface area contributed by atoms with Crippen molar-refractivity contribution < 1.29 is 23.9 Å². The van der Waals surface area contributed by atoms with Crippen LogP contribution in [0.5, 0.6) is 0 Å². The van der Waals surface area contributed by atoms with Gasteiger partial charge in [0.1, 0.15) is 0 Å². The predicted octanol–water partition coefficient (Wildman–Crippen LogP) is 11.2. The second kappa shape index (κ2) is 35.8. The summed E-state index contributed by atoms with van der Waals surface area (Å²) in [6.45, 7) is 6.36. The highest BCUT2D eigenvalue weighted by Gasteiger charge is 2.17. The number of hydrogen-bond acceptors (Lipinski definition) is 6. The molecule has 0 heterocycles. The molecule has 0 aromatic heterocycles. The molecule has 0 aromatic carbocycles. The Labute approximate surface area is 292 Å². The van der Waals surface area contributed by atoms with Crippen molar-refractivity contribution in [2.45, 2.75) is 168 Å². The van der Waals surface area contributed by atoms with Crippen molar-refractivity contribution >= 4 is 25.4 Å². The van der Waals surface area contributed by atoms with Gasteiger partial charge in [0, 0.05) is 19.3 Å². The average molecular weight is 680 g/mol. The lowest BCUT2D eigenvalue weighted by atomic mass is 10.1. The molecular formula is C40H74NO5P. The van der Waals surface area contributed by atoms with Crippen LogP contribution in [0, 0.1) is 0 Å². The standard InChI is InChI=1S/C40H74NO5P/c1-5-7-9-11-13-19-25-34-45-38(42)30-23-17-15-21-27-36-47(40(44)32-29-33-41(3)4)37-28-22-16-18-24-31-39(43)46-35-26-20-14-12-10-8-6-2/h13-14,19-20H,5-12,15-18,21-37H2,1-4H3/b19-13-,20-14-. The van der Waals surface area contributed by atoms with Gasteiger partial charge in [-0.15, -0.1) is 0 Å². The van der Waals surface area contributed by atoms with Crippen LogP contribution in [0.1, 0.15) is 168 Å². The highest BCUT2D eigenvalue weighted by molar-refractivity contribution is 7.74. The maximum atomic E-state index is 13.1. The Balaban J connectivity index is 4.06. The third-order valence-corrected chi connectivity index (χ3v) is 11.0. The molecule has 274 valence electrons. The van der Waals surface area contributed by atoms with E-state index < -0.39 is 7.92 Å². The lowest BCUT2D eigenvalue weighted by Gasteiger charge is -2.17. The van der Waals surface area contributed by atoms with Crippen LogP contribution in [0.4, 0.5) is 0 Å². The van der Waals surface area contributed by atoms with E-state index in [1.807, 2.05) is 0 Å². The minimum absolute atomic E-state index is 0.0763. The molecule has 0 atom stereocenters. The lowest BCUT2D eigenvalue weighted by Crippen LogP contribution is -2.14. The summed E-state index contributed by atoms with van der Waals surface area (Å²) >= 11 is 0. The molecule has 0 saturated carbocycles. The Kier molecular flexibility index (Phi) is 34.6. The Bertz CT molecular complexity index is 745. The molecule has 47 heavy (non-hydrogen) atoms. The van der Waals surface area contributed by atoms with Crippen molar-refractivity contribution in [1.29, 1.82) is 0 Å². The van der Waals surface area contributed by atoms with Crippen LogP contribution in [-0.2, 0) is 23.9 Å². The van der Waals surface area contributed by atoms with E-state index in [1.54, 1.807) is 0 Å². The van der Waals surface area contributed by atoms with Gasteiger partial charge in [0.25, 0.3) is 0 Å². The van der Waals surface area contributed by atoms with Gasteiger partial charge in [0.05, 0.1) is 13.2 Å². The van der Waals surface area contributed by atoms with Crippen molar-refractivity contribution in [3.8, 4) is 0 Å². The van der Waals surface area contributed by atoms with Gasteiger partial charge in [-0.3, -0.25) is 14.4 Å². The maximum Gasteiger partial charge on any atom is 0.305 e. The average Bonchev–Trinajstić information content (AvgIpc) is 3.05. The fraction of sp³-hybridized carbons (Fsp3) is 0.825. The molecular weight excluding hydrogens is 605 g/mol. The first kappa shape index (κ1) is 45.5. The zero-order chi connectivity index (χ0) is 34.6. The van der Waals surface area contributed by atoms with E-state index in [9.17, 15) is 14.4 Å². The zero-order valence-electron chi connectivity index (χ0n) is 31.3. The molecule has 0 saturated heterocycles. The number of carbonyl (C=O) groups is 3. The number of unbranched alkanes of at least 4 members (excludes halogenated alkanes) is 14. The van der Waals surface area contributed by atoms with E-state index in [0.29, 0.717) is 38.0 Å². The molecule has 6 nitrogen and oxygen atoms in total. The summed E-state index contributed by atoms with van der Waals surface area (Å²) in [5.41, 5.74) is 0.499. The molecule has 7 heteroatoms. The van der Waals surface area contributed by atoms with Crippen molar-refractivity contribution in [3.05, 3.63) is 24.3 Å². The van der Waals surface area contributed by atoms with Gasteiger partial charge in [0.15, 0.2) is 5.52 Å². The van der Waals surface area contributed by atoms with Crippen molar-refractivity contribution in [2.24, 2.45) is 0 Å². The quantitative estimate of drug-likeness (QED) is 0.0287. The fourth-order valence-electron chi connectivity index (χ4n) is 5.39. The third kappa shape index (κ3) is 34.2. The molecule has 0 spiro atoms. The van der Waals surface area contributed by atoms with Crippen LogP contribution in [0.2, 0.25) is 0 Å². The van der Waals surface area contributed by atoms with Gasteiger partial charge in [-0.2, -0.15) is 0 Å². The molecule has 0 aliphatic heterocycles. The number of rotatable bonds is 35. The van der Waals surface area contributed by atoms with Crippen molar-refractivity contribution in [1.82, 2.24) is 4.90 Å². The van der Waals surface area contributed by atoms with Crippen LogP contribution in [0.25, 0.3) is 0 Å². The lowest BCUT2D eigenvalue weighted by molar-refractivity contribution is -0.144. The van der Waals surface area contributed by atoms with Crippen LogP contribution in [-0.4, -0.2) is 68.5 Å². The van der Waals surface area contributed by atoms with E-state index in [0.717, 1.165) is 115 Å². The van der Waals surface area contributed by atoms with Gasteiger partial charge in [0.2, 0.25) is 0 Å². The molecule has 0 fully saturated rings. The third-order valence-electron chi connectivity index (χ3n) is 8.34. The summed E-state index contributed by atoms with van der Waals surface area (Å²) in [6.07, 6.45) is 35.4. The number of esters is 2. The number of allylic oxidation sites excluding steroid dienone is 2. The SMILES string of the molecule is CCCCC/C=C\CCOC(=O)CCCCCCCP(CCCCCCCC(=O)OCC/C=C\CCCCC)C(=O)CCCN(C)C. The predicted molar refractivity (Wildman–Crippen MR) is 203 cm³/mol. The van der Waals surface area contributed by atoms with E-state index in [-0.39, 0.29) is 11.9 Å². The van der Waals surface area contributed by atoms with Crippen LogP contribution in [0.3, 0.4) is 0 Å².